The van der Waals surface area contributed by atoms with Crippen LogP contribution in [0.25, 0.3) is 6.08 Å². The van der Waals surface area contributed by atoms with E-state index in [9.17, 15) is 14.4 Å². The Labute approximate surface area is 214 Å². The van der Waals surface area contributed by atoms with Crippen LogP contribution in [0.3, 0.4) is 0 Å². The average Bonchev–Trinajstić information content (AvgIpc) is 3.22. The van der Waals surface area contributed by atoms with Crippen molar-refractivity contribution in [3.63, 3.8) is 0 Å². The molecule has 1 fully saturated rings. The number of rotatable bonds is 8. The summed E-state index contributed by atoms with van der Waals surface area (Å²) in [5, 5.41) is 3.65. The molecule has 2 amide bonds. The number of nitrogens with zero attached hydrogens (tertiary/aromatic N) is 1. The quantitative estimate of drug-likeness (QED) is 0.314. The Balaban J connectivity index is 1.86. The van der Waals surface area contributed by atoms with E-state index >= 15 is 0 Å². The summed E-state index contributed by atoms with van der Waals surface area (Å²) in [4.78, 5) is 40.6. The van der Waals surface area contributed by atoms with Crippen LogP contribution in [0.1, 0.15) is 52.5 Å². The average molecular weight is 542 g/mol. The Kier molecular flexibility index (Phi) is 9.30. The minimum atomic E-state index is -0.677. The first kappa shape index (κ1) is 26.7. The molecule has 2 aromatic carbocycles. The van der Waals surface area contributed by atoms with Crippen LogP contribution >= 0.6 is 0 Å². The second-order valence-corrected chi connectivity index (χ2v) is 12.0. The van der Waals surface area contributed by atoms with E-state index in [1.54, 1.807) is 11.0 Å². The summed E-state index contributed by atoms with van der Waals surface area (Å²) in [5.41, 5.74) is 0.306. The zero-order valence-corrected chi connectivity index (χ0v) is 22.5. The van der Waals surface area contributed by atoms with Gasteiger partial charge < -0.3 is 0 Å². The van der Waals surface area contributed by atoms with Crippen LogP contribution in [0.5, 0.6) is 0 Å². The van der Waals surface area contributed by atoms with E-state index in [0.29, 0.717) is 6.42 Å². The third-order valence-electron chi connectivity index (χ3n) is 5.53. The van der Waals surface area contributed by atoms with Crippen LogP contribution in [0.15, 0.2) is 66.4 Å². The van der Waals surface area contributed by atoms with Crippen molar-refractivity contribution in [2.24, 2.45) is 0 Å². The molecule has 0 aliphatic carbocycles. The molecule has 6 nitrogen and oxygen atoms in total. The molecule has 1 N–H and O–H groups in total. The first-order chi connectivity index (χ1) is 16.6. The number of ether oxygens (including phenoxy) is 1. The number of hydrogen-bond donors (Lipinski definition) is 1. The molecule has 0 radical (unpaired) electrons. The van der Waals surface area contributed by atoms with E-state index in [4.69, 9.17) is 4.74 Å². The molecular formula is C28H34N2O4Se. The molecule has 35 heavy (non-hydrogen) atoms. The summed E-state index contributed by atoms with van der Waals surface area (Å²) in [7, 11) is 0. The van der Waals surface area contributed by atoms with Gasteiger partial charge in [-0.1, -0.05) is 0 Å². The fourth-order valence-electron chi connectivity index (χ4n) is 4.10. The van der Waals surface area contributed by atoms with Gasteiger partial charge in [-0.3, -0.25) is 0 Å². The van der Waals surface area contributed by atoms with Gasteiger partial charge in [0, 0.05) is 0 Å². The molecule has 1 heterocycles. The zero-order valence-electron chi connectivity index (χ0n) is 20.8. The molecule has 2 aromatic rings. The molecule has 1 aliphatic rings. The number of nitrogens with one attached hydrogen (secondary N) is 1. The summed E-state index contributed by atoms with van der Waals surface area (Å²) in [6.45, 7) is 6.85. The van der Waals surface area contributed by atoms with Gasteiger partial charge in [-0.05, 0) is 0 Å². The predicted molar refractivity (Wildman–Crippen MR) is 139 cm³/mol. The van der Waals surface area contributed by atoms with Crippen molar-refractivity contribution < 1.29 is 19.1 Å². The monoisotopic (exact) mass is 542 g/mol. The van der Waals surface area contributed by atoms with E-state index < -0.39 is 17.6 Å². The molecule has 1 saturated heterocycles. The van der Waals surface area contributed by atoms with Gasteiger partial charge in [-0.2, -0.15) is 0 Å². The van der Waals surface area contributed by atoms with E-state index in [1.165, 1.54) is 11.4 Å². The number of hydrogen-bond acceptors (Lipinski definition) is 4. The molecule has 0 unspecified atom stereocenters. The molecule has 186 valence electrons. The standard InChI is InChI=1S/C28H34N2O4Se/c1-20(31)29-24(19-21-11-7-5-8-12-21)26(32)30-22(17-18-35-23-13-9-6-10-14-23)15-16-25(30)27(33)34-28(2,3)4/h5-14,19,22,25H,15-18H2,1-4H3,(H,29,31)/b24-19-/t22-,25+/m1/s1. The van der Waals surface area contributed by atoms with Gasteiger partial charge in [-0.25, -0.2) is 0 Å². The second-order valence-electron chi connectivity index (χ2n) is 9.59. The van der Waals surface area contributed by atoms with Crippen LogP contribution in [-0.2, 0) is 19.1 Å². The maximum atomic E-state index is 13.8. The first-order valence-corrected chi connectivity index (χ1v) is 14.0. The van der Waals surface area contributed by atoms with Crippen molar-refractivity contribution >= 4 is 43.3 Å². The van der Waals surface area contributed by atoms with Crippen LogP contribution < -0.4 is 9.78 Å². The second kappa shape index (κ2) is 12.2. The van der Waals surface area contributed by atoms with Gasteiger partial charge >= 0.3 is 215 Å². The van der Waals surface area contributed by atoms with Gasteiger partial charge in [0.1, 0.15) is 0 Å². The number of likely N-dealkylation sites (tertiary alicyclic amines) is 1. The molecule has 2 atom stereocenters. The van der Waals surface area contributed by atoms with Gasteiger partial charge in [0.2, 0.25) is 0 Å². The van der Waals surface area contributed by atoms with Crippen LogP contribution in [0.2, 0.25) is 5.32 Å². The van der Waals surface area contributed by atoms with E-state index in [-0.39, 0.29) is 38.5 Å². The predicted octanol–water partition coefficient (Wildman–Crippen LogP) is 3.70. The Hall–Kier alpha value is -2.89. The fourth-order valence-corrected chi connectivity index (χ4v) is 6.15. The van der Waals surface area contributed by atoms with Crippen molar-refractivity contribution in [3.8, 4) is 0 Å². The van der Waals surface area contributed by atoms with E-state index in [2.05, 4.69) is 17.4 Å². The normalized spacial score (nSPS) is 18.3. The Morgan fingerprint density at radius 1 is 1.03 bits per heavy atom. The van der Waals surface area contributed by atoms with Crippen LogP contribution in [-0.4, -0.2) is 55.3 Å². The zero-order chi connectivity index (χ0) is 25.4. The van der Waals surface area contributed by atoms with E-state index in [1.807, 2.05) is 69.3 Å². The Morgan fingerprint density at radius 3 is 2.26 bits per heavy atom. The van der Waals surface area contributed by atoms with E-state index in [0.717, 1.165) is 23.7 Å². The molecule has 0 aromatic heterocycles. The first-order valence-electron chi connectivity index (χ1n) is 11.9. The van der Waals surface area contributed by atoms with Crippen molar-refractivity contribution in [1.82, 2.24) is 10.2 Å². The molecule has 1 aliphatic heterocycles. The maximum absolute atomic E-state index is 13.8. The molecular weight excluding hydrogens is 507 g/mol. The van der Waals surface area contributed by atoms with Gasteiger partial charge in [0.25, 0.3) is 0 Å². The molecule has 0 saturated carbocycles. The Bertz CT molecular complexity index is 1050. The van der Waals surface area contributed by atoms with Crippen LogP contribution in [0.4, 0.5) is 0 Å². The SMILES string of the molecule is CC(=O)N/C(=C\c1ccccc1)C(=O)N1[C@@H](CC[Se]c2ccccc2)CC[C@H]1C(=O)OC(C)(C)C. The Morgan fingerprint density at radius 2 is 1.66 bits per heavy atom. The summed E-state index contributed by atoms with van der Waals surface area (Å²) in [6.07, 6.45) is 3.72. The number of carbonyl (C=O) groups excluding carboxylic acids is 3. The topological polar surface area (TPSA) is 75.7 Å². The summed E-state index contributed by atoms with van der Waals surface area (Å²) in [6, 6.07) is 18.9. The minimum absolute atomic E-state index is 0.0986. The number of benzene rings is 2. The number of esters is 1. The molecule has 3 rings (SSSR count). The van der Waals surface area contributed by atoms with Crippen molar-refractivity contribution in [3.05, 3.63) is 71.9 Å². The van der Waals surface area contributed by atoms with Gasteiger partial charge in [-0.15, -0.1) is 0 Å². The third kappa shape index (κ3) is 8.08. The summed E-state index contributed by atoms with van der Waals surface area (Å²) in [5.74, 6) is -1.09. The third-order valence-corrected chi connectivity index (χ3v) is 7.72. The molecule has 7 heteroatoms. The van der Waals surface area contributed by atoms with Crippen molar-refractivity contribution in [2.45, 2.75) is 70.0 Å². The number of amides is 2. The number of carbonyl (C=O) groups is 3. The van der Waals surface area contributed by atoms with Gasteiger partial charge in [0.15, 0.2) is 0 Å². The summed E-state index contributed by atoms with van der Waals surface area (Å²) < 4.78 is 6.98. The van der Waals surface area contributed by atoms with Gasteiger partial charge in [0.05, 0.1) is 0 Å². The summed E-state index contributed by atoms with van der Waals surface area (Å²) >= 11 is 0.278. The van der Waals surface area contributed by atoms with Crippen molar-refractivity contribution in [2.75, 3.05) is 0 Å². The molecule has 0 spiro atoms. The fraction of sp³-hybridized carbons (Fsp3) is 0.393. The molecule has 0 bridgehead atoms. The van der Waals surface area contributed by atoms with Crippen LogP contribution in [0, 0.1) is 0 Å². The van der Waals surface area contributed by atoms with Crippen molar-refractivity contribution in [1.29, 1.82) is 0 Å².